The molecule has 0 aliphatic rings. The molecule has 0 saturated heterocycles. The van der Waals surface area contributed by atoms with Crippen LogP contribution >= 0.6 is 0 Å². The van der Waals surface area contributed by atoms with Crippen LogP contribution in [0.3, 0.4) is 0 Å². The lowest BCUT2D eigenvalue weighted by Crippen LogP contribution is -2.17. The number of ether oxygens (including phenoxy) is 2. The predicted octanol–water partition coefficient (Wildman–Crippen LogP) is 2.95. The average Bonchev–Trinajstić information content (AvgIpc) is 3.05. The second kappa shape index (κ2) is 6.87. The number of nitrogens with zero attached hydrogens (tertiary/aromatic N) is 1. The molecule has 0 aliphatic carbocycles. The number of hydrazone groups is 1. The number of hydrogen-bond donors (Lipinski definition) is 2. The number of nitrogens with one attached hydrogen (secondary N) is 2. The second-order valence-corrected chi connectivity index (χ2v) is 5.09. The lowest BCUT2D eigenvalue weighted by molar-refractivity contribution is 0.0957. The van der Waals surface area contributed by atoms with Crippen LogP contribution in [-0.4, -0.2) is 31.3 Å². The number of benzene rings is 2. The maximum atomic E-state index is 12.3. The van der Waals surface area contributed by atoms with Gasteiger partial charge in [-0.2, -0.15) is 5.10 Å². The van der Waals surface area contributed by atoms with Gasteiger partial charge in [0, 0.05) is 28.7 Å². The number of rotatable bonds is 5. The molecule has 0 saturated carbocycles. The number of aromatic amines is 1. The van der Waals surface area contributed by atoms with Crippen LogP contribution < -0.4 is 14.9 Å². The highest BCUT2D eigenvalue weighted by Gasteiger charge is 2.10. The topological polar surface area (TPSA) is 75.7 Å². The number of carbonyl (C=O) groups excluding carboxylic acids is 1. The Kier molecular flexibility index (Phi) is 4.47. The van der Waals surface area contributed by atoms with Gasteiger partial charge in [-0.3, -0.25) is 4.79 Å². The van der Waals surface area contributed by atoms with E-state index in [1.807, 2.05) is 24.3 Å². The fraction of sp³-hybridized carbons (Fsp3) is 0.111. The Balaban J connectivity index is 1.75. The molecule has 24 heavy (non-hydrogen) atoms. The number of fused-ring (bicyclic) bond motifs is 1. The first-order chi connectivity index (χ1) is 11.7. The van der Waals surface area contributed by atoms with E-state index >= 15 is 0 Å². The maximum Gasteiger partial charge on any atom is 0.273 e. The third kappa shape index (κ3) is 3.22. The summed E-state index contributed by atoms with van der Waals surface area (Å²) in [5.41, 5.74) is 4.74. The number of hydrogen-bond acceptors (Lipinski definition) is 4. The molecule has 1 aromatic heterocycles. The van der Waals surface area contributed by atoms with Crippen molar-refractivity contribution in [2.75, 3.05) is 14.2 Å². The molecule has 3 rings (SSSR count). The number of methoxy groups -OCH3 is 2. The van der Waals surface area contributed by atoms with Gasteiger partial charge in [-0.25, -0.2) is 5.43 Å². The third-order valence-electron chi connectivity index (χ3n) is 3.59. The molecule has 0 radical (unpaired) electrons. The summed E-state index contributed by atoms with van der Waals surface area (Å²) in [6.07, 6.45) is 3.21. The van der Waals surface area contributed by atoms with Crippen molar-refractivity contribution in [2.24, 2.45) is 5.10 Å². The number of H-pyrrole nitrogens is 1. The fourth-order valence-electron chi connectivity index (χ4n) is 2.39. The number of amides is 1. The van der Waals surface area contributed by atoms with E-state index in [1.54, 1.807) is 38.6 Å². The van der Waals surface area contributed by atoms with Crippen molar-refractivity contribution in [2.45, 2.75) is 0 Å². The molecule has 0 bridgehead atoms. The summed E-state index contributed by atoms with van der Waals surface area (Å²) in [7, 11) is 3.16. The molecule has 0 fully saturated rings. The van der Waals surface area contributed by atoms with Gasteiger partial charge in [-0.05, 0) is 18.2 Å². The minimum Gasteiger partial charge on any atom is -0.497 e. The summed E-state index contributed by atoms with van der Waals surface area (Å²) in [5, 5.41) is 4.86. The Morgan fingerprint density at radius 3 is 2.54 bits per heavy atom. The van der Waals surface area contributed by atoms with Gasteiger partial charge in [0.15, 0.2) is 0 Å². The summed E-state index contributed by atoms with van der Waals surface area (Å²) in [4.78, 5) is 15.3. The first kappa shape index (κ1) is 15.6. The molecule has 1 heterocycles. The van der Waals surface area contributed by atoms with E-state index in [9.17, 15) is 4.79 Å². The van der Waals surface area contributed by atoms with E-state index < -0.39 is 0 Å². The van der Waals surface area contributed by atoms with Crippen molar-refractivity contribution < 1.29 is 14.3 Å². The van der Waals surface area contributed by atoms with Gasteiger partial charge in [0.2, 0.25) is 0 Å². The van der Waals surface area contributed by atoms with Gasteiger partial charge in [0.25, 0.3) is 5.91 Å². The van der Waals surface area contributed by atoms with Gasteiger partial charge in [0.05, 0.1) is 26.0 Å². The summed E-state index contributed by atoms with van der Waals surface area (Å²) in [6, 6.07) is 13.0. The first-order valence-corrected chi connectivity index (χ1v) is 7.34. The highest BCUT2D eigenvalue weighted by molar-refractivity contribution is 6.06. The predicted molar refractivity (Wildman–Crippen MR) is 92.9 cm³/mol. The summed E-state index contributed by atoms with van der Waals surface area (Å²) in [5.74, 6) is 1.02. The zero-order valence-electron chi connectivity index (χ0n) is 13.4. The molecular formula is C18H17N3O3. The zero-order chi connectivity index (χ0) is 16.9. The molecule has 0 aliphatic heterocycles. The van der Waals surface area contributed by atoms with Crippen LogP contribution in [0.4, 0.5) is 0 Å². The summed E-state index contributed by atoms with van der Waals surface area (Å²) >= 11 is 0. The zero-order valence-corrected chi connectivity index (χ0v) is 13.4. The van der Waals surface area contributed by atoms with Crippen molar-refractivity contribution in [1.29, 1.82) is 0 Å². The third-order valence-corrected chi connectivity index (χ3v) is 3.59. The molecule has 2 N–H and O–H groups in total. The number of aromatic nitrogens is 1. The maximum absolute atomic E-state index is 12.3. The van der Waals surface area contributed by atoms with E-state index in [2.05, 4.69) is 15.5 Å². The largest absolute Gasteiger partial charge is 0.497 e. The van der Waals surface area contributed by atoms with Crippen molar-refractivity contribution in [3.8, 4) is 11.5 Å². The molecule has 0 atom stereocenters. The van der Waals surface area contributed by atoms with Gasteiger partial charge in [-0.1, -0.05) is 18.2 Å². The van der Waals surface area contributed by atoms with Crippen LogP contribution in [0.5, 0.6) is 11.5 Å². The van der Waals surface area contributed by atoms with E-state index in [1.165, 1.54) is 6.21 Å². The number of para-hydroxylation sites is 1. The first-order valence-electron chi connectivity index (χ1n) is 7.34. The second-order valence-electron chi connectivity index (χ2n) is 5.09. The molecule has 0 unspecified atom stereocenters. The van der Waals surface area contributed by atoms with E-state index in [4.69, 9.17) is 9.47 Å². The molecular weight excluding hydrogens is 306 g/mol. The van der Waals surface area contributed by atoms with Crippen LogP contribution in [0.2, 0.25) is 0 Å². The summed E-state index contributed by atoms with van der Waals surface area (Å²) < 4.78 is 10.4. The Hall–Kier alpha value is -3.28. The molecule has 2 aromatic carbocycles. The van der Waals surface area contributed by atoms with Crippen molar-refractivity contribution in [1.82, 2.24) is 10.4 Å². The van der Waals surface area contributed by atoms with Gasteiger partial charge < -0.3 is 14.5 Å². The molecule has 6 nitrogen and oxygen atoms in total. The highest BCUT2D eigenvalue weighted by atomic mass is 16.5. The standard InChI is InChI=1S/C18H17N3O3/c1-23-13-7-12(8-14(9-13)24-2)10-20-21-18(22)16-11-19-17-6-4-3-5-15(16)17/h3-11,19H,1-2H3,(H,21,22). The SMILES string of the molecule is COc1cc(C=NNC(=O)c2c[nH]c3ccccc23)cc(OC)c1. The fourth-order valence-corrected chi connectivity index (χ4v) is 2.39. The van der Waals surface area contributed by atoms with Gasteiger partial charge in [-0.15, -0.1) is 0 Å². The van der Waals surface area contributed by atoms with E-state index in [-0.39, 0.29) is 5.91 Å². The van der Waals surface area contributed by atoms with Gasteiger partial charge >= 0.3 is 0 Å². The minimum absolute atomic E-state index is 0.279. The van der Waals surface area contributed by atoms with E-state index in [0.29, 0.717) is 17.1 Å². The Labute approximate surface area is 139 Å². The highest BCUT2D eigenvalue weighted by Crippen LogP contribution is 2.21. The lowest BCUT2D eigenvalue weighted by atomic mass is 10.2. The van der Waals surface area contributed by atoms with Crippen molar-refractivity contribution in [3.63, 3.8) is 0 Å². The Morgan fingerprint density at radius 2 is 1.83 bits per heavy atom. The minimum atomic E-state index is -0.279. The summed E-state index contributed by atoms with van der Waals surface area (Å²) in [6.45, 7) is 0. The monoisotopic (exact) mass is 323 g/mol. The molecule has 6 heteroatoms. The van der Waals surface area contributed by atoms with Crippen molar-refractivity contribution in [3.05, 3.63) is 59.8 Å². The Morgan fingerprint density at radius 1 is 1.12 bits per heavy atom. The van der Waals surface area contributed by atoms with Crippen LogP contribution in [0.25, 0.3) is 10.9 Å². The van der Waals surface area contributed by atoms with Crippen LogP contribution in [0, 0.1) is 0 Å². The number of carbonyl (C=O) groups is 1. The quantitative estimate of drug-likeness (QED) is 0.560. The van der Waals surface area contributed by atoms with E-state index in [0.717, 1.165) is 16.5 Å². The smallest absolute Gasteiger partial charge is 0.273 e. The Bertz CT molecular complexity index is 877. The van der Waals surface area contributed by atoms with Crippen LogP contribution in [-0.2, 0) is 0 Å². The molecule has 1 amide bonds. The lowest BCUT2D eigenvalue weighted by Gasteiger charge is -2.05. The van der Waals surface area contributed by atoms with Gasteiger partial charge in [0.1, 0.15) is 11.5 Å². The average molecular weight is 323 g/mol. The van der Waals surface area contributed by atoms with Crippen LogP contribution in [0.15, 0.2) is 53.8 Å². The van der Waals surface area contributed by atoms with Crippen LogP contribution in [0.1, 0.15) is 15.9 Å². The normalized spacial score (nSPS) is 10.9. The van der Waals surface area contributed by atoms with Crippen molar-refractivity contribution >= 4 is 23.0 Å². The molecule has 3 aromatic rings. The molecule has 122 valence electrons. The molecule has 0 spiro atoms.